The Balaban J connectivity index is 1.49. The molecule has 1 aromatic heterocycles. The number of aromatic nitrogens is 1. The molecule has 0 unspecified atom stereocenters. The number of hydrogen-bond acceptors (Lipinski definition) is 6. The summed E-state index contributed by atoms with van der Waals surface area (Å²) in [6.07, 6.45) is -1.85. The summed E-state index contributed by atoms with van der Waals surface area (Å²) < 4.78 is 50.5. The molecule has 3 aromatic rings. The number of halogens is 4. The Kier molecular flexibility index (Phi) is 9.29. The highest BCUT2D eigenvalue weighted by Crippen LogP contribution is 2.30. The van der Waals surface area contributed by atoms with Crippen LogP contribution in [0.2, 0.25) is 5.02 Å². The zero-order chi connectivity index (χ0) is 28.0. The number of carbonyl (C=O) groups is 2. The Bertz CT molecular complexity index is 1280. The first-order valence-electron chi connectivity index (χ1n) is 12.7. The van der Waals surface area contributed by atoms with Crippen molar-refractivity contribution in [3.05, 3.63) is 88.1 Å². The lowest BCUT2D eigenvalue weighted by Crippen LogP contribution is -2.43. The number of esters is 1. The summed E-state index contributed by atoms with van der Waals surface area (Å²) in [7, 11) is 0. The van der Waals surface area contributed by atoms with E-state index < -0.39 is 11.7 Å². The number of alkyl halides is 3. The number of ether oxygens (including phenoxy) is 1. The quantitative estimate of drug-likeness (QED) is 0.299. The Hall–Kier alpha value is -3.37. The van der Waals surface area contributed by atoms with E-state index in [1.807, 2.05) is 17.0 Å². The van der Waals surface area contributed by atoms with E-state index in [4.69, 9.17) is 20.8 Å². The number of carbonyl (C=O) groups excluding carboxylic acids is 2. The highest BCUT2D eigenvalue weighted by molar-refractivity contribution is 6.30. The first-order valence-corrected chi connectivity index (χ1v) is 13.0. The van der Waals surface area contributed by atoms with Crippen LogP contribution < -0.4 is 0 Å². The van der Waals surface area contributed by atoms with E-state index in [2.05, 4.69) is 4.98 Å². The highest BCUT2D eigenvalue weighted by Gasteiger charge is 2.32. The van der Waals surface area contributed by atoms with E-state index in [1.54, 1.807) is 30.0 Å². The zero-order valence-corrected chi connectivity index (χ0v) is 22.2. The molecule has 1 atom stereocenters. The number of rotatable bonds is 9. The minimum atomic E-state index is -4.45. The Morgan fingerprint density at radius 3 is 2.59 bits per heavy atom. The summed E-state index contributed by atoms with van der Waals surface area (Å²) in [6, 6.07) is 12.3. The molecule has 4 rings (SSSR count). The molecule has 1 aliphatic rings. The van der Waals surface area contributed by atoms with Gasteiger partial charge >= 0.3 is 12.1 Å². The van der Waals surface area contributed by atoms with Crippen LogP contribution in [0.15, 0.2) is 59.2 Å². The normalized spacial score (nSPS) is 15.9. The lowest BCUT2D eigenvalue weighted by molar-refractivity contribution is -0.149. The minimum Gasteiger partial charge on any atom is -0.466 e. The van der Waals surface area contributed by atoms with Gasteiger partial charge in [-0.05, 0) is 49.1 Å². The van der Waals surface area contributed by atoms with Crippen LogP contribution >= 0.6 is 11.6 Å². The van der Waals surface area contributed by atoms with Gasteiger partial charge in [0.15, 0.2) is 5.69 Å². The summed E-state index contributed by atoms with van der Waals surface area (Å²) in [4.78, 5) is 33.1. The molecule has 0 N–H and O–H groups in total. The molecule has 7 nitrogen and oxygen atoms in total. The van der Waals surface area contributed by atoms with Crippen LogP contribution in [0.4, 0.5) is 13.2 Å². The molecule has 39 heavy (non-hydrogen) atoms. The Morgan fingerprint density at radius 2 is 1.87 bits per heavy atom. The van der Waals surface area contributed by atoms with Crippen molar-refractivity contribution in [2.75, 3.05) is 19.7 Å². The smallest absolute Gasteiger partial charge is 0.416 e. The van der Waals surface area contributed by atoms with E-state index in [-0.39, 0.29) is 55.6 Å². The van der Waals surface area contributed by atoms with E-state index in [0.29, 0.717) is 36.5 Å². The third kappa shape index (κ3) is 7.83. The van der Waals surface area contributed by atoms with Crippen LogP contribution in [0.25, 0.3) is 0 Å². The van der Waals surface area contributed by atoms with Crippen molar-refractivity contribution in [2.45, 2.75) is 45.6 Å². The van der Waals surface area contributed by atoms with Gasteiger partial charge in [-0.3, -0.25) is 14.5 Å². The second-order valence-corrected chi connectivity index (χ2v) is 9.88. The number of benzene rings is 2. The number of nitrogens with zero attached hydrogens (tertiary/aromatic N) is 3. The standard InChI is InChI=1S/C28H29ClF3N3O4/c1-2-38-27(37)21-6-4-12-35(16-21)26(36)24-18-39-25(33-24)17-34(14-19-8-10-23(29)11-9-19)15-20-5-3-7-22(13-20)28(30,31)32/h3,5,7-11,13,18,21H,2,4,6,12,14-17H2,1H3/t21-/m0/s1. The lowest BCUT2D eigenvalue weighted by atomic mass is 9.98. The van der Waals surface area contributed by atoms with Crippen LogP contribution in [0, 0.1) is 5.92 Å². The van der Waals surface area contributed by atoms with Crippen molar-refractivity contribution in [3.63, 3.8) is 0 Å². The average Bonchev–Trinajstić information content (AvgIpc) is 3.38. The first-order chi connectivity index (χ1) is 18.6. The summed E-state index contributed by atoms with van der Waals surface area (Å²) >= 11 is 6.00. The number of amides is 1. The molecule has 0 saturated carbocycles. The van der Waals surface area contributed by atoms with E-state index >= 15 is 0 Å². The molecule has 0 aliphatic carbocycles. The summed E-state index contributed by atoms with van der Waals surface area (Å²) in [5.74, 6) is -0.793. The maximum absolute atomic E-state index is 13.3. The largest absolute Gasteiger partial charge is 0.466 e. The maximum Gasteiger partial charge on any atom is 0.416 e. The summed E-state index contributed by atoms with van der Waals surface area (Å²) in [6.45, 7) is 3.48. The maximum atomic E-state index is 13.3. The van der Waals surface area contributed by atoms with Gasteiger partial charge in [-0.1, -0.05) is 41.9 Å². The third-order valence-electron chi connectivity index (χ3n) is 6.44. The van der Waals surface area contributed by atoms with Gasteiger partial charge in [0.2, 0.25) is 5.89 Å². The predicted octanol–water partition coefficient (Wildman–Crippen LogP) is 5.96. The van der Waals surface area contributed by atoms with Gasteiger partial charge in [0.1, 0.15) is 6.26 Å². The Labute approximate surface area is 229 Å². The van der Waals surface area contributed by atoms with Gasteiger partial charge in [0, 0.05) is 31.2 Å². The van der Waals surface area contributed by atoms with Crippen molar-refractivity contribution in [1.82, 2.24) is 14.8 Å². The van der Waals surface area contributed by atoms with Crippen molar-refractivity contribution in [3.8, 4) is 0 Å². The number of likely N-dealkylation sites (tertiary alicyclic amines) is 1. The van der Waals surface area contributed by atoms with Crippen molar-refractivity contribution in [1.29, 1.82) is 0 Å². The molecule has 0 radical (unpaired) electrons. The Morgan fingerprint density at radius 1 is 1.13 bits per heavy atom. The topological polar surface area (TPSA) is 75.9 Å². The lowest BCUT2D eigenvalue weighted by Gasteiger charge is -2.30. The predicted molar refractivity (Wildman–Crippen MR) is 138 cm³/mol. The van der Waals surface area contributed by atoms with Crippen LogP contribution in [0.1, 0.15) is 52.8 Å². The molecule has 2 aromatic carbocycles. The van der Waals surface area contributed by atoms with E-state index in [1.165, 1.54) is 12.3 Å². The third-order valence-corrected chi connectivity index (χ3v) is 6.69. The molecular formula is C28H29ClF3N3O4. The molecule has 0 bridgehead atoms. The second kappa shape index (κ2) is 12.7. The van der Waals surface area contributed by atoms with Crippen molar-refractivity contribution < 1.29 is 31.9 Å². The van der Waals surface area contributed by atoms with E-state index in [9.17, 15) is 22.8 Å². The zero-order valence-electron chi connectivity index (χ0n) is 21.4. The van der Waals surface area contributed by atoms with Crippen LogP contribution in [0.5, 0.6) is 0 Å². The molecule has 11 heteroatoms. The molecular weight excluding hydrogens is 535 g/mol. The monoisotopic (exact) mass is 563 g/mol. The average molecular weight is 564 g/mol. The minimum absolute atomic E-state index is 0.111. The van der Waals surface area contributed by atoms with E-state index in [0.717, 1.165) is 17.7 Å². The fourth-order valence-electron chi connectivity index (χ4n) is 4.57. The fourth-order valence-corrected chi connectivity index (χ4v) is 4.70. The van der Waals surface area contributed by atoms with Gasteiger partial charge in [0.25, 0.3) is 5.91 Å². The molecule has 2 heterocycles. The number of piperidine rings is 1. The summed E-state index contributed by atoms with van der Waals surface area (Å²) in [5, 5.41) is 0.571. The van der Waals surface area contributed by atoms with Gasteiger partial charge in [-0.15, -0.1) is 0 Å². The van der Waals surface area contributed by atoms with Crippen LogP contribution in [-0.4, -0.2) is 46.4 Å². The van der Waals surface area contributed by atoms with Crippen LogP contribution in [-0.2, 0) is 35.3 Å². The summed E-state index contributed by atoms with van der Waals surface area (Å²) in [5.41, 5.74) is 0.755. The SMILES string of the molecule is CCOC(=O)[C@H]1CCCN(C(=O)c2coc(CN(Cc3ccc(Cl)cc3)Cc3cccc(C(F)(F)F)c3)n2)C1. The molecule has 1 aliphatic heterocycles. The number of hydrogen-bond donors (Lipinski definition) is 0. The molecule has 1 fully saturated rings. The van der Waals surface area contributed by atoms with Gasteiger partial charge in [-0.2, -0.15) is 13.2 Å². The molecule has 208 valence electrons. The molecule has 0 spiro atoms. The number of oxazole rings is 1. The van der Waals surface area contributed by atoms with Crippen molar-refractivity contribution in [2.24, 2.45) is 5.92 Å². The molecule has 1 saturated heterocycles. The first kappa shape index (κ1) is 28.6. The fraction of sp³-hybridized carbons (Fsp3) is 0.393. The van der Waals surface area contributed by atoms with Gasteiger partial charge < -0.3 is 14.1 Å². The highest BCUT2D eigenvalue weighted by atomic mass is 35.5. The molecule has 1 amide bonds. The van der Waals surface area contributed by atoms with Crippen LogP contribution in [0.3, 0.4) is 0 Å². The van der Waals surface area contributed by atoms with Gasteiger partial charge in [0.05, 0.1) is 24.6 Å². The second-order valence-electron chi connectivity index (χ2n) is 9.44. The van der Waals surface area contributed by atoms with Crippen molar-refractivity contribution >= 4 is 23.5 Å². The van der Waals surface area contributed by atoms with Gasteiger partial charge in [-0.25, -0.2) is 4.98 Å².